The number of rotatable bonds is 16. The molecule has 2 heterocycles. The van der Waals surface area contributed by atoms with Gasteiger partial charge in [0.1, 0.15) is 11.8 Å². The first kappa shape index (κ1) is 44.2. The summed E-state index contributed by atoms with van der Waals surface area (Å²) in [5, 5.41) is 12.3. The number of fused-ring (bicyclic) bond motifs is 3. The van der Waals surface area contributed by atoms with Crippen molar-refractivity contribution in [1.29, 1.82) is 0 Å². The summed E-state index contributed by atoms with van der Waals surface area (Å²) in [5.74, 6) is -2.97. The molecule has 56 heavy (non-hydrogen) atoms. The number of hydrogen-bond donors (Lipinski definition) is 1. The number of carbonyl (C=O) groups excluding carboxylic acids is 6. The molecule has 0 spiro atoms. The zero-order valence-electron chi connectivity index (χ0n) is 33.1. The number of aliphatic hydroxyl groups excluding tert-OH is 1. The maximum absolute atomic E-state index is 17.6. The van der Waals surface area contributed by atoms with E-state index < -0.39 is 99.5 Å². The zero-order chi connectivity index (χ0) is 41.4. The van der Waals surface area contributed by atoms with Crippen LogP contribution in [0, 0.1) is 16.7 Å². The number of ether oxygens (including phenoxy) is 3. The molecule has 0 aromatic rings. The monoisotopic (exact) mass is 828 g/mol. The molecule has 5 rings (SSSR count). The van der Waals surface area contributed by atoms with Gasteiger partial charge in [0, 0.05) is 47.8 Å². The summed E-state index contributed by atoms with van der Waals surface area (Å²) in [7, 11) is 4.27. The molecular weight excluding hydrogens is 775 g/mol. The molecule has 0 aromatic heterocycles. The Hall–Kier alpha value is -2.86. The van der Waals surface area contributed by atoms with Gasteiger partial charge in [-0.05, 0) is 76.5 Å². The first-order valence-electron chi connectivity index (χ1n) is 19.3. The van der Waals surface area contributed by atoms with Crippen molar-refractivity contribution in [3.8, 4) is 0 Å². The summed E-state index contributed by atoms with van der Waals surface area (Å²) in [5.41, 5.74) is -6.84. The minimum absolute atomic E-state index is 0.00336. The molecule has 2 unspecified atom stereocenters. The van der Waals surface area contributed by atoms with Crippen molar-refractivity contribution in [2.75, 3.05) is 26.0 Å². The minimum Gasteiger partial charge on any atom is -0.441 e. The van der Waals surface area contributed by atoms with E-state index in [1.165, 1.54) is 52.6 Å². The van der Waals surface area contributed by atoms with Crippen molar-refractivity contribution in [1.82, 2.24) is 9.96 Å². The average Bonchev–Trinajstić information content (AvgIpc) is 3.73. The Balaban J connectivity index is 1.21. The highest BCUT2D eigenvalue weighted by Crippen LogP contribution is 2.68. The van der Waals surface area contributed by atoms with Crippen LogP contribution < -0.4 is 0 Å². The molecule has 5 aliphatic rings. The molecule has 0 aromatic carbocycles. The number of carbonyl (C=O) groups is 6. The van der Waals surface area contributed by atoms with Gasteiger partial charge in [-0.3, -0.25) is 19.2 Å². The van der Waals surface area contributed by atoms with Gasteiger partial charge in [-0.1, -0.05) is 54.9 Å². The van der Waals surface area contributed by atoms with E-state index in [2.05, 4.69) is 0 Å². The van der Waals surface area contributed by atoms with Crippen LogP contribution in [0.1, 0.15) is 99.3 Å². The summed E-state index contributed by atoms with van der Waals surface area (Å²) in [6.45, 7) is 10.00. The maximum atomic E-state index is 17.6. The molecule has 0 radical (unpaired) electrons. The molecule has 9 atom stereocenters. The van der Waals surface area contributed by atoms with E-state index in [4.69, 9.17) is 19.0 Å². The Labute approximate surface area is 334 Å². The quantitative estimate of drug-likeness (QED) is 0.113. The Bertz CT molecular complexity index is 1650. The predicted octanol–water partition coefficient (Wildman–Crippen LogP) is 5.77. The van der Waals surface area contributed by atoms with Crippen LogP contribution in [0.4, 0.5) is 13.6 Å². The molecule has 2 aliphatic heterocycles. The third-order valence-electron chi connectivity index (χ3n) is 12.2. The van der Waals surface area contributed by atoms with E-state index in [9.17, 15) is 33.9 Å². The van der Waals surface area contributed by atoms with Gasteiger partial charge in [0.05, 0.1) is 18.6 Å². The summed E-state index contributed by atoms with van der Waals surface area (Å²) >= 11 is 0. The fraction of sp³-hybridized carbons (Fsp3) is 0.744. The SMILES string of the molecule is CCCC1O[C@@H]2CC3C[C@@](F)([C@@]4(C)C=CC(=O)C=C4[C@@H](F)CC)[C@@H](O)C[C@]3(C)[C@]2(C(=O)COC(=O)N(C)CCSSC(C)(C)CC(=O)ON2C(=O)CCC2=O)O1. The Morgan fingerprint density at radius 1 is 1.14 bits per heavy atom. The Morgan fingerprint density at radius 3 is 2.46 bits per heavy atom. The summed E-state index contributed by atoms with van der Waals surface area (Å²) < 4.78 is 50.6. The van der Waals surface area contributed by atoms with E-state index in [1.807, 2.05) is 6.92 Å². The standard InChI is InChI=1S/C39H54F2N2O11S2/c1-8-10-33-52-29-17-23-19-38(41,36(5)14-13-24(44)18-25(36)26(40)9-2)27(45)20-37(23,6)39(29,53-33)28(46)22-51-34(50)42(7)15-16-55-56-35(3,4)21-32(49)54-43-30(47)11-12-31(43)48/h13-14,18,23,26-27,29,33,45H,8-12,15-17,19-22H2,1-7H3/t23?,26-,27-,29+,33?,36-,37-,38-,39+/m0/s1. The molecule has 312 valence electrons. The van der Waals surface area contributed by atoms with E-state index in [-0.39, 0.29) is 57.1 Å². The fourth-order valence-corrected chi connectivity index (χ4v) is 11.5. The summed E-state index contributed by atoms with van der Waals surface area (Å²) in [6.07, 6.45) is -1.03. The highest BCUT2D eigenvalue weighted by molar-refractivity contribution is 8.77. The highest BCUT2D eigenvalue weighted by atomic mass is 33.1. The lowest BCUT2D eigenvalue weighted by Crippen LogP contribution is -2.65. The van der Waals surface area contributed by atoms with E-state index in [0.29, 0.717) is 23.7 Å². The zero-order valence-corrected chi connectivity index (χ0v) is 34.7. The number of Topliss-reactive ketones (excluding diaryl/α,β-unsaturated/α-hetero) is 1. The first-order chi connectivity index (χ1) is 26.2. The van der Waals surface area contributed by atoms with Crippen LogP contribution >= 0.6 is 21.6 Å². The average molecular weight is 829 g/mol. The molecule has 1 N–H and O–H groups in total. The number of nitrogens with zero attached hydrogens (tertiary/aromatic N) is 2. The molecule has 0 bridgehead atoms. The van der Waals surface area contributed by atoms with Crippen molar-refractivity contribution in [2.24, 2.45) is 16.7 Å². The van der Waals surface area contributed by atoms with Crippen molar-refractivity contribution in [3.63, 3.8) is 0 Å². The third kappa shape index (κ3) is 8.08. The van der Waals surface area contributed by atoms with Crippen LogP contribution in [0.3, 0.4) is 0 Å². The van der Waals surface area contributed by atoms with Crippen molar-refractivity contribution in [3.05, 3.63) is 23.8 Å². The molecular formula is C39H54F2N2O11S2. The van der Waals surface area contributed by atoms with E-state index >= 15 is 8.78 Å². The molecule has 3 amide bonds. The topological polar surface area (TPSA) is 166 Å². The van der Waals surface area contributed by atoms with Crippen LogP contribution in [0.2, 0.25) is 0 Å². The molecule has 4 fully saturated rings. The van der Waals surface area contributed by atoms with E-state index in [1.54, 1.807) is 27.7 Å². The number of amides is 3. The molecule has 2 saturated heterocycles. The lowest BCUT2D eigenvalue weighted by molar-refractivity contribution is -0.204. The van der Waals surface area contributed by atoms with Crippen molar-refractivity contribution in [2.45, 2.75) is 140 Å². The van der Waals surface area contributed by atoms with Crippen molar-refractivity contribution < 1.29 is 61.7 Å². The lowest BCUT2D eigenvalue weighted by Gasteiger charge is -2.56. The number of hydroxylamine groups is 2. The van der Waals surface area contributed by atoms with Gasteiger partial charge in [-0.25, -0.2) is 18.4 Å². The van der Waals surface area contributed by atoms with Gasteiger partial charge in [0.15, 0.2) is 24.3 Å². The van der Waals surface area contributed by atoms with Gasteiger partial charge in [0.25, 0.3) is 11.8 Å². The maximum Gasteiger partial charge on any atom is 0.409 e. The number of imide groups is 1. The predicted molar refractivity (Wildman–Crippen MR) is 203 cm³/mol. The van der Waals surface area contributed by atoms with E-state index in [0.717, 1.165) is 6.08 Å². The largest absolute Gasteiger partial charge is 0.441 e. The smallest absolute Gasteiger partial charge is 0.409 e. The number of ketones is 2. The molecule has 2 saturated carbocycles. The van der Waals surface area contributed by atoms with Gasteiger partial charge < -0.3 is 29.1 Å². The summed E-state index contributed by atoms with van der Waals surface area (Å²) in [4.78, 5) is 82.0. The second-order valence-corrected chi connectivity index (χ2v) is 19.7. The number of aliphatic hydroxyl groups is 1. The molecule has 13 nitrogen and oxygen atoms in total. The Morgan fingerprint density at radius 2 is 1.82 bits per heavy atom. The van der Waals surface area contributed by atoms with Crippen LogP contribution in [-0.4, -0.2) is 117 Å². The van der Waals surface area contributed by atoms with Crippen LogP contribution in [0.15, 0.2) is 23.8 Å². The highest BCUT2D eigenvalue weighted by Gasteiger charge is 2.76. The third-order valence-corrected chi connectivity index (χ3v) is 15.5. The van der Waals surface area contributed by atoms with Gasteiger partial charge in [0.2, 0.25) is 5.78 Å². The second-order valence-electron chi connectivity index (χ2n) is 16.5. The number of alkyl halides is 2. The normalized spacial score (nSPS) is 34.6. The van der Waals surface area contributed by atoms with Crippen molar-refractivity contribution >= 4 is 57.0 Å². The van der Waals surface area contributed by atoms with Gasteiger partial charge in [-0.2, -0.15) is 0 Å². The second kappa shape index (κ2) is 16.8. The van der Waals surface area contributed by atoms with Gasteiger partial charge >= 0.3 is 12.1 Å². The lowest BCUT2D eigenvalue weighted by atomic mass is 9.51. The van der Waals surface area contributed by atoms with Gasteiger partial charge in [-0.15, -0.1) is 5.06 Å². The number of halogens is 2. The van der Waals surface area contributed by atoms with Crippen LogP contribution in [0.5, 0.6) is 0 Å². The molecule has 17 heteroatoms. The minimum atomic E-state index is -2.39. The Kier molecular flexibility index (Phi) is 13.3. The number of hydrogen-bond acceptors (Lipinski definition) is 13. The summed E-state index contributed by atoms with van der Waals surface area (Å²) in [6, 6.07) is 0. The molecule has 3 aliphatic carbocycles. The fourth-order valence-electron chi connectivity index (χ4n) is 9.00. The van der Waals surface area contributed by atoms with Crippen LogP contribution in [-0.2, 0) is 43.0 Å². The first-order valence-corrected chi connectivity index (χ1v) is 21.6. The number of allylic oxidation sites excluding steroid dienone is 4. The van der Waals surface area contributed by atoms with Crippen LogP contribution in [0.25, 0.3) is 0 Å².